The third kappa shape index (κ3) is 2.97. The van der Waals surface area contributed by atoms with E-state index in [9.17, 15) is 0 Å². The van der Waals surface area contributed by atoms with Crippen molar-refractivity contribution in [1.82, 2.24) is 5.32 Å². The highest BCUT2D eigenvalue weighted by Gasteiger charge is 2.26. The third-order valence-corrected chi connectivity index (χ3v) is 3.81. The summed E-state index contributed by atoms with van der Waals surface area (Å²) in [4.78, 5) is 0. The Balaban J connectivity index is 2.25. The average molecular weight is 270 g/mol. The number of halogens is 1. The summed E-state index contributed by atoms with van der Waals surface area (Å²) in [6.45, 7) is 1.69. The summed E-state index contributed by atoms with van der Waals surface area (Å²) in [5.41, 5.74) is 1.18. The van der Waals surface area contributed by atoms with Gasteiger partial charge in [0.05, 0.1) is 7.11 Å². The van der Waals surface area contributed by atoms with E-state index < -0.39 is 0 Å². The summed E-state index contributed by atoms with van der Waals surface area (Å²) in [6, 6.07) is 6.14. The zero-order valence-electron chi connectivity index (χ0n) is 10.9. The van der Waals surface area contributed by atoms with Crippen molar-refractivity contribution in [2.75, 3.05) is 27.4 Å². The van der Waals surface area contributed by atoms with E-state index in [1.807, 2.05) is 19.2 Å². The Hall–Kier alpha value is -0.770. The standard InChI is InChI=1S/C14H20ClNO2/c1-16-14(10-5-7-18-8-6-10)12-4-3-11(15)9-13(12)17-2/h3-4,9-10,14,16H,5-8H2,1-2H3. The zero-order valence-corrected chi connectivity index (χ0v) is 11.7. The van der Waals surface area contributed by atoms with Crippen LogP contribution >= 0.6 is 11.6 Å². The molecule has 4 heteroatoms. The number of hydrogen-bond acceptors (Lipinski definition) is 3. The molecule has 1 heterocycles. The Morgan fingerprint density at radius 2 is 2.11 bits per heavy atom. The summed E-state index contributed by atoms with van der Waals surface area (Å²) in [6.07, 6.45) is 2.16. The highest BCUT2D eigenvalue weighted by atomic mass is 35.5. The van der Waals surface area contributed by atoms with Crippen LogP contribution in [0.3, 0.4) is 0 Å². The van der Waals surface area contributed by atoms with Gasteiger partial charge in [0.25, 0.3) is 0 Å². The summed E-state index contributed by atoms with van der Waals surface area (Å²) in [5, 5.41) is 4.11. The second-order valence-corrected chi connectivity index (χ2v) is 5.04. The molecule has 1 N–H and O–H groups in total. The highest BCUT2D eigenvalue weighted by Crippen LogP contribution is 2.35. The molecular formula is C14H20ClNO2. The van der Waals surface area contributed by atoms with Gasteiger partial charge in [-0.2, -0.15) is 0 Å². The van der Waals surface area contributed by atoms with Crippen LogP contribution in [0, 0.1) is 5.92 Å². The summed E-state index contributed by atoms with van der Waals surface area (Å²) >= 11 is 6.01. The number of ether oxygens (including phenoxy) is 2. The number of methoxy groups -OCH3 is 1. The SMILES string of the molecule is CNC(c1ccc(Cl)cc1OC)C1CCOCC1. The van der Waals surface area contributed by atoms with Crippen LogP contribution in [-0.4, -0.2) is 27.4 Å². The molecule has 0 aliphatic carbocycles. The van der Waals surface area contributed by atoms with Crippen molar-refractivity contribution in [3.05, 3.63) is 28.8 Å². The van der Waals surface area contributed by atoms with Gasteiger partial charge in [-0.25, -0.2) is 0 Å². The molecule has 1 aromatic carbocycles. The van der Waals surface area contributed by atoms with E-state index in [1.165, 1.54) is 5.56 Å². The molecule has 0 bridgehead atoms. The Morgan fingerprint density at radius 3 is 2.72 bits per heavy atom. The van der Waals surface area contributed by atoms with Crippen LogP contribution in [0.25, 0.3) is 0 Å². The van der Waals surface area contributed by atoms with E-state index >= 15 is 0 Å². The largest absolute Gasteiger partial charge is 0.496 e. The highest BCUT2D eigenvalue weighted by molar-refractivity contribution is 6.30. The molecule has 1 saturated heterocycles. The molecule has 1 aliphatic rings. The van der Waals surface area contributed by atoms with Crippen molar-refractivity contribution in [2.45, 2.75) is 18.9 Å². The molecule has 0 radical (unpaired) electrons. The molecule has 1 fully saturated rings. The Labute approximate surface area is 113 Å². The van der Waals surface area contributed by atoms with E-state index in [2.05, 4.69) is 11.4 Å². The molecule has 1 aliphatic heterocycles. The molecular weight excluding hydrogens is 250 g/mol. The first-order chi connectivity index (χ1) is 8.76. The van der Waals surface area contributed by atoms with Crippen LogP contribution in [0.5, 0.6) is 5.75 Å². The van der Waals surface area contributed by atoms with E-state index in [4.69, 9.17) is 21.1 Å². The summed E-state index contributed by atoms with van der Waals surface area (Å²) in [7, 11) is 3.68. The van der Waals surface area contributed by atoms with Gasteiger partial charge in [0, 0.05) is 29.8 Å². The number of nitrogens with one attached hydrogen (secondary N) is 1. The lowest BCUT2D eigenvalue weighted by Gasteiger charge is -2.31. The fraction of sp³-hybridized carbons (Fsp3) is 0.571. The first-order valence-corrected chi connectivity index (χ1v) is 6.72. The molecule has 2 rings (SSSR count). The molecule has 1 aromatic rings. The summed E-state index contributed by atoms with van der Waals surface area (Å²) < 4.78 is 10.9. The number of benzene rings is 1. The van der Waals surface area contributed by atoms with Gasteiger partial charge in [0.1, 0.15) is 5.75 Å². The fourth-order valence-electron chi connectivity index (χ4n) is 2.64. The predicted octanol–water partition coefficient (Wildman–Crippen LogP) is 3.04. The smallest absolute Gasteiger partial charge is 0.125 e. The van der Waals surface area contributed by atoms with E-state index in [0.29, 0.717) is 17.0 Å². The minimum atomic E-state index is 0.293. The van der Waals surface area contributed by atoms with Crippen molar-refractivity contribution in [3.63, 3.8) is 0 Å². The second-order valence-electron chi connectivity index (χ2n) is 4.60. The molecule has 100 valence electrons. The van der Waals surface area contributed by atoms with Crippen LogP contribution in [0.15, 0.2) is 18.2 Å². The maximum Gasteiger partial charge on any atom is 0.125 e. The average Bonchev–Trinajstić information content (AvgIpc) is 2.42. The van der Waals surface area contributed by atoms with Crippen molar-refractivity contribution >= 4 is 11.6 Å². The van der Waals surface area contributed by atoms with Crippen LogP contribution in [0.4, 0.5) is 0 Å². The molecule has 3 nitrogen and oxygen atoms in total. The van der Waals surface area contributed by atoms with Gasteiger partial charge in [0.15, 0.2) is 0 Å². The molecule has 0 amide bonds. The van der Waals surface area contributed by atoms with Crippen LogP contribution < -0.4 is 10.1 Å². The van der Waals surface area contributed by atoms with Gasteiger partial charge in [0.2, 0.25) is 0 Å². The molecule has 1 unspecified atom stereocenters. The Morgan fingerprint density at radius 1 is 1.39 bits per heavy atom. The van der Waals surface area contributed by atoms with Gasteiger partial charge in [-0.3, -0.25) is 0 Å². The lowest BCUT2D eigenvalue weighted by molar-refractivity contribution is 0.0543. The molecule has 0 saturated carbocycles. The fourth-order valence-corrected chi connectivity index (χ4v) is 2.80. The van der Waals surface area contributed by atoms with Crippen molar-refractivity contribution < 1.29 is 9.47 Å². The monoisotopic (exact) mass is 269 g/mol. The van der Waals surface area contributed by atoms with Gasteiger partial charge >= 0.3 is 0 Å². The molecule has 0 spiro atoms. The Bertz CT molecular complexity index is 391. The van der Waals surface area contributed by atoms with E-state index in [1.54, 1.807) is 7.11 Å². The maximum absolute atomic E-state index is 6.01. The minimum Gasteiger partial charge on any atom is -0.496 e. The normalized spacial score (nSPS) is 18.6. The number of hydrogen-bond donors (Lipinski definition) is 1. The van der Waals surface area contributed by atoms with Crippen molar-refractivity contribution in [3.8, 4) is 5.75 Å². The molecule has 1 atom stereocenters. The maximum atomic E-state index is 6.01. The minimum absolute atomic E-state index is 0.293. The van der Waals surface area contributed by atoms with Gasteiger partial charge in [-0.15, -0.1) is 0 Å². The topological polar surface area (TPSA) is 30.5 Å². The first-order valence-electron chi connectivity index (χ1n) is 6.34. The van der Waals surface area contributed by atoms with Crippen LogP contribution in [0.1, 0.15) is 24.4 Å². The van der Waals surface area contributed by atoms with Crippen LogP contribution in [-0.2, 0) is 4.74 Å². The second kappa shape index (κ2) is 6.41. The van der Waals surface area contributed by atoms with Gasteiger partial charge < -0.3 is 14.8 Å². The quantitative estimate of drug-likeness (QED) is 0.911. The van der Waals surface area contributed by atoms with Crippen molar-refractivity contribution in [2.24, 2.45) is 5.92 Å². The van der Waals surface area contributed by atoms with Gasteiger partial charge in [-0.1, -0.05) is 17.7 Å². The summed E-state index contributed by atoms with van der Waals surface area (Å²) in [5.74, 6) is 1.44. The lowest BCUT2D eigenvalue weighted by Crippen LogP contribution is -2.30. The predicted molar refractivity (Wildman–Crippen MR) is 73.3 cm³/mol. The van der Waals surface area contributed by atoms with Crippen LogP contribution in [0.2, 0.25) is 5.02 Å². The van der Waals surface area contributed by atoms with E-state index in [-0.39, 0.29) is 0 Å². The lowest BCUT2D eigenvalue weighted by atomic mass is 9.87. The molecule has 0 aromatic heterocycles. The zero-order chi connectivity index (χ0) is 13.0. The first kappa shape index (κ1) is 13.7. The van der Waals surface area contributed by atoms with E-state index in [0.717, 1.165) is 31.8 Å². The van der Waals surface area contributed by atoms with Gasteiger partial charge in [-0.05, 0) is 37.9 Å². The Kier molecular flexibility index (Phi) is 4.87. The number of rotatable bonds is 4. The van der Waals surface area contributed by atoms with Crippen molar-refractivity contribution in [1.29, 1.82) is 0 Å². The molecule has 18 heavy (non-hydrogen) atoms. The third-order valence-electron chi connectivity index (χ3n) is 3.58.